The molecule has 1 unspecified atom stereocenters. The Kier molecular flexibility index (Phi) is 4.89. The van der Waals surface area contributed by atoms with Crippen LogP contribution in [0, 0.1) is 0 Å². The van der Waals surface area contributed by atoms with E-state index < -0.39 is 0 Å². The lowest BCUT2D eigenvalue weighted by atomic mass is 10.0. The fraction of sp³-hybridized carbons (Fsp3) is 0.750. The van der Waals surface area contributed by atoms with E-state index in [-0.39, 0.29) is 5.54 Å². The molecule has 3 nitrogen and oxygen atoms in total. The largest absolute Gasteiger partial charge is 0.373 e. The highest BCUT2D eigenvalue weighted by Gasteiger charge is 2.15. The van der Waals surface area contributed by atoms with Crippen LogP contribution in [0.1, 0.15) is 50.7 Å². The second-order valence-electron chi connectivity index (χ2n) is 4.83. The van der Waals surface area contributed by atoms with E-state index in [0.717, 1.165) is 12.1 Å². The number of nitrogens with two attached hydrogens (primary N) is 1. The Balaban J connectivity index is 2.37. The normalized spacial score (nSPS) is 15.4. The first kappa shape index (κ1) is 13.6. The molecule has 1 heterocycles. The summed E-state index contributed by atoms with van der Waals surface area (Å²) in [5.41, 5.74) is 6.78. The summed E-state index contributed by atoms with van der Waals surface area (Å²) in [6.45, 7) is 9.53. The Labute approximate surface area is 102 Å². The summed E-state index contributed by atoms with van der Waals surface area (Å²) in [7, 11) is 0. The van der Waals surface area contributed by atoms with Gasteiger partial charge in [-0.3, -0.25) is 0 Å². The van der Waals surface area contributed by atoms with Crippen LogP contribution in [-0.2, 0) is 11.3 Å². The van der Waals surface area contributed by atoms with Crippen molar-refractivity contribution in [3.05, 3.63) is 16.1 Å². The molecule has 0 bridgehead atoms. The molecule has 0 saturated carbocycles. The minimum atomic E-state index is -0.225. The smallest absolute Gasteiger partial charge is 0.0954 e. The third-order valence-corrected chi connectivity index (χ3v) is 3.75. The van der Waals surface area contributed by atoms with Crippen molar-refractivity contribution in [3.63, 3.8) is 0 Å². The molecule has 1 aromatic heterocycles. The van der Waals surface area contributed by atoms with E-state index in [4.69, 9.17) is 10.5 Å². The maximum atomic E-state index is 5.99. The molecular formula is C12H22N2OS. The molecule has 1 rings (SSSR count). The topological polar surface area (TPSA) is 48.1 Å². The van der Waals surface area contributed by atoms with Crippen LogP contribution < -0.4 is 5.73 Å². The van der Waals surface area contributed by atoms with Crippen LogP contribution in [0.2, 0.25) is 0 Å². The van der Waals surface area contributed by atoms with E-state index in [1.807, 2.05) is 6.92 Å². The van der Waals surface area contributed by atoms with E-state index in [9.17, 15) is 0 Å². The number of rotatable bonds is 6. The molecule has 0 radical (unpaired) electrons. The van der Waals surface area contributed by atoms with Gasteiger partial charge < -0.3 is 10.5 Å². The summed E-state index contributed by atoms with van der Waals surface area (Å²) in [5.74, 6) is 0.495. The monoisotopic (exact) mass is 242 g/mol. The number of nitrogens with zero attached hydrogens (tertiary/aromatic N) is 1. The summed E-state index contributed by atoms with van der Waals surface area (Å²) in [4.78, 5) is 4.51. The summed E-state index contributed by atoms with van der Waals surface area (Å²) in [5, 5.41) is 3.24. The van der Waals surface area contributed by atoms with Gasteiger partial charge in [0.15, 0.2) is 0 Å². The lowest BCUT2D eigenvalue weighted by Crippen LogP contribution is -2.40. The lowest BCUT2D eigenvalue weighted by Gasteiger charge is -2.21. The summed E-state index contributed by atoms with van der Waals surface area (Å²) < 4.78 is 5.59. The first-order valence-corrected chi connectivity index (χ1v) is 6.63. The van der Waals surface area contributed by atoms with Gasteiger partial charge in [-0.05, 0) is 13.3 Å². The second-order valence-corrected chi connectivity index (χ2v) is 5.72. The van der Waals surface area contributed by atoms with Gasteiger partial charge in [0.1, 0.15) is 0 Å². The van der Waals surface area contributed by atoms with Crippen molar-refractivity contribution in [2.24, 2.45) is 5.73 Å². The molecule has 0 fully saturated rings. The molecule has 2 N–H and O–H groups in total. The molecule has 1 aromatic rings. The van der Waals surface area contributed by atoms with Crippen LogP contribution >= 0.6 is 11.3 Å². The Morgan fingerprint density at radius 2 is 2.25 bits per heavy atom. The van der Waals surface area contributed by atoms with E-state index in [1.54, 1.807) is 11.3 Å². The van der Waals surface area contributed by atoms with Gasteiger partial charge in [0.05, 0.1) is 23.9 Å². The Morgan fingerprint density at radius 3 is 2.75 bits per heavy atom. The highest BCUT2D eigenvalue weighted by atomic mass is 32.1. The standard InChI is InChI=1S/C12H22N2OS/c1-5-12(4,13)8-15-6-10-7-16-11(14-10)9(2)3/h7,9H,5-6,8,13H2,1-4H3. The fourth-order valence-corrected chi connectivity index (χ4v) is 1.96. The van der Waals surface area contributed by atoms with Crippen molar-refractivity contribution in [2.45, 2.75) is 52.2 Å². The SMILES string of the molecule is CCC(C)(N)COCc1csc(C(C)C)n1. The van der Waals surface area contributed by atoms with E-state index in [0.29, 0.717) is 19.1 Å². The molecule has 0 aliphatic carbocycles. The van der Waals surface area contributed by atoms with Gasteiger partial charge in [-0.25, -0.2) is 4.98 Å². The maximum absolute atomic E-state index is 5.99. The van der Waals surface area contributed by atoms with Crippen molar-refractivity contribution < 1.29 is 4.74 Å². The third kappa shape index (κ3) is 4.20. The predicted molar refractivity (Wildman–Crippen MR) is 68.7 cm³/mol. The summed E-state index contributed by atoms with van der Waals surface area (Å²) in [6.07, 6.45) is 0.918. The molecule has 1 atom stereocenters. The Bertz CT molecular complexity index is 321. The van der Waals surface area contributed by atoms with Crippen molar-refractivity contribution in [2.75, 3.05) is 6.61 Å². The van der Waals surface area contributed by atoms with Crippen LogP contribution in [0.25, 0.3) is 0 Å². The summed E-state index contributed by atoms with van der Waals surface area (Å²) >= 11 is 1.70. The van der Waals surface area contributed by atoms with Crippen LogP contribution in [0.3, 0.4) is 0 Å². The quantitative estimate of drug-likeness (QED) is 0.834. The van der Waals surface area contributed by atoms with E-state index >= 15 is 0 Å². The van der Waals surface area contributed by atoms with Gasteiger partial charge >= 0.3 is 0 Å². The Hall–Kier alpha value is -0.450. The van der Waals surface area contributed by atoms with Gasteiger partial charge in [0.2, 0.25) is 0 Å². The molecule has 16 heavy (non-hydrogen) atoms. The molecule has 0 spiro atoms. The van der Waals surface area contributed by atoms with Crippen LogP contribution in [-0.4, -0.2) is 17.1 Å². The fourth-order valence-electron chi connectivity index (χ4n) is 1.14. The van der Waals surface area contributed by atoms with Crippen molar-refractivity contribution >= 4 is 11.3 Å². The number of hydrogen-bond acceptors (Lipinski definition) is 4. The molecular weight excluding hydrogens is 220 g/mol. The number of ether oxygens (including phenoxy) is 1. The molecule has 0 aliphatic rings. The van der Waals surface area contributed by atoms with E-state index in [2.05, 4.69) is 31.1 Å². The van der Waals surface area contributed by atoms with Crippen LogP contribution in [0.15, 0.2) is 5.38 Å². The van der Waals surface area contributed by atoms with Gasteiger partial charge in [-0.2, -0.15) is 0 Å². The summed E-state index contributed by atoms with van der Waals surface area (Å²) in [6, 6.07) is 0. The first-order chi connectivity index (χ1) is 7.44. The zero-order valence-electron chi connectivity index (χ0n) is 10.6. The van der Waals surface area contributed by atoms with Gasteiger partial charge in [0, 0.05) is 16.8 Å². The zero-order chi connectivity index (χ0) is 12.2. The highest BCUT2D eigenvalue weighted by Crippen LogP contribution is 2.19. The van der Waals surface area contributed by atoms with E-state index in [1.165, 1.54) is 5.01 Å². The number of hydrogen-bond donors (Lipinski definition) is 1. The minimum Gasteiger partial charge on any atom is -0.373 e. The maximum Gasteiger partial charge on any atom is 0.0954 e. The molecule has 4 heteroatoms. The molecule has 0 amide bonds. The predicted octanol–water partition coefficient (Wildman–Crippen LogP) is 2.91. The molecule has 0 aliphatic heterocycles. The van der Waals surface area contributed by atoms with Crippen molar-refractivity contribution in [3.8, 4) is 0 Å². The number of aromatic nitrogens is 1. The average Bonchev–Trinajstić information content (AvgIpc) is 2.66. The van der Waals surface area contributed by atoms with Crippen molar-refractivity contribution in [1.29, 1.82) is 0 Å². The lowest BCUT2D eigenvalue weighted by molar-refractivity contribution is 0.0760. The highest BCUT2D eigenvalue weighted by molar-refractivity contribution is 7.09. The van der Waals surface area contributed by atoms with Gasteiger partial charge in [-0.1, -0.05) is 20.8 Å². The number of thiazole rings is 1. The Morgan fingerprint density at radius 1 is 1.56 bits per heavy atom. The molecule has 0 saturated heterocycles. The van der Waals surface area contributed by atoms with Crippen LogP contribution in [0.4, 0.5) is 0 Å². The van der Waals surface area contributed by atoms with Gasteiger partial charge in [-0.15, -0.1) is 11.3 Å². The van der Waals surface area contributed by atoms with Crippen LogP contribution in [0.5, 0.6) is 0 Å². The van der Waals surface area contributed by atoms with Crippen molar-refractivity contribution in [1.82, 2.24) is 4.98 Å². The average molecular weight is 242 g/mol. The minimum absolute atomic E-state index is 0.225. The molecule has 0 aromatic carbocycles. The molecule has 92 valence electrons. The third-order valence-electron chi connectivity index (χ3n) is 2.55. The van der Waals surface area contributed by atoms with Gasteiger partial charge in [0.25, 0.3) is 0 Å². The zero-order valence-corrected chi connectivity index (χ0v) is 11.4. The second kappa shape index (κ2) is 5.75. The first-order valence-electron chi connectivity index (χ1n) is 5.75.